The maximum absolute atomic E-state index is 12.1. The van der Waals surface area contributed by atoms with Gasteiger partial charge in [0.05, 0.1) is 4.90 Å². The Hall–Kier alpha value is -0.920. The van der Waals surface area contributed by atoms with E-state index < -0.39 is 10.0 Å². The molecular formula is C13H17BrN2O3S. The smallest absolute Gasteiger partial charge is 0.241 e. The molecule has 110 valence electrons. The van der Waals surface area contributed by atoms with Gasteiger partial charge in [0.15, 0.2) is 0 Å². The molecule has 0 aliphatic heterocycles. The van der Waals surface area contributed by atoms with Crippen LogP contribution in [0.2, 0.25) is 0 Å². The van der Waals surface area contributed by atoms with Gasteiger partial charge in [-0.3, -0.25) is 4.79 Å². The van der Waals surface area contributed by atoms with Gasteiger partial charge < -0.3 is 5.32 Å². The summed E-state index contributed by atoms with van der Waals surface area (Å²) in [5.41, 5.74) is 0.979. The van der Waals surface area contributed by atoms with E-state index in [0.29, 0.717) is 11.0 Å². The summed E-state index contributed by atoms with van der Waals surface area (Å²) < 4.78 is 27.2. The molecule has 1 aliphatic carbocycles. The molecule has 0 radical (unpaired) electrons. The predicted molar refractivity (Wildman–Crippen MR) is 79.8 cm³/mol. The van der Waals surface area contributed by atoms with Crippen molar-refractivity contribution >= 4 is 31.9 Å². The first kappa shape index (κ1) is 15.5. The van der Waals surface area contributed by atoms with Crippen LogP contribution in [0.3, 0.4) is 0 Å². The topological polar surface area (TPSA) is 75.3 Å². The lowest BCUT2D eigenvalue weighted by atomic mass is 10.2. The first-order chi connectivity index (χ1) is 9.40. The van der Waals surface area contributed by atoms with Gasteiger partial charge in [-0.1, -0.05) is 6.07 Å². The van der Waals surface area contributed by atoms with E-state index in [0.717, 1.165) is 18.4 Å². The highest BCUT2D eigenvalue weighted by molar-refractivity contribution is 9.10. The number of sulfonamides is 1. The van der Waals surface area contributed by atoms with Crippen LogP contribution in [0.5, 0.6) is 0 Å². The predicted octanol–water partition coefficient (Wildman–Crippen LogP) is 1.56. The van der Waals surface area contributed by atoms with Gasteiger partial charge in [-0.15, -0.1) is 0 Å². The highest BCUT2D eigenvalue weighted by Gasteiger charge is 2.29. The van der Waals surface area contributed by atoms with E-state index in [2.05, 4.69) is 26.0 Å². The van der Waals surface area contributed by atoms with Crippen LogP contribution < -0.4 is 10.0 Å². The van der Waals surface area contributed by atoms with Gasteiger partial charge in [0.25, 0.3) is 0 Å². The quantitative estimate of drug-likeness (QED) is 0.756. The molecule has 0 unspecified atom stereocenters. The first-order valence-electron chi connectivity index (χ1n) is 6.44. The van der Waals surface area contributed by atoms with Crippen LogP contribution >= 0.6 is 15.9 Å². The van der Waals surface area contributed by atoms with E-state index in [4.69, 9.17) is 0 Å². The minimum atomic E-state index is -3.56. The normalized spacial score (nSPS) is 15.1. The van der Waals surface area contributed by atoms with Gasteiger partial charge in [0.2, 0.25) is 15.9 Å². The maximum Gasteiger partial charge on any atom is 0.241 e. The Morgan fingerprint density at radius 1 is 1.35 bits per heavy atom. The monoisotopic (exact) mass is 360 g/mol. The van der Waals surface area contributed by atoms with E-state index in [1.54, 1.807) is 18.2 Å². The molecule has 0 atom stereocenters. The first-order valence-corrected chi connectivity index (χ1v) is 8.71. The zero-order valence-corrected chi connectivity index (χ0v) is 13.6. The van der Waals surface area contributed by atoms with Crippen molar-refractivity contribution < 1.29 is 13.2 Å². The summed E-state index contributed by atoms with van der Waals surface area (Å²) in [6.07, 6.45) is 1.88. The Kier molecular flexibility index (Phi) is 4.82. The Bertz CT molecular complexity index is 612. The van der Waals surface area contributed by atoms with Crippen molar-refractivity contribution in [1.29, 1.82) is 0 Å². The second-order valence-electron chi connectivity index (χ2n) is 4.90. The molecule has 5 nitrogen and oxygen atoms in total. The number of nitrogens with one attached hydrogen (secondary N) is 2. The summed E-state index contributed by atoms with van der Waals surface area (Å²) in [6, 6.07) is 5.06. The van der Waals surface area contributed by atoms with Gasteiger partial charge in [-0.25, -0.2) is 13.1 Å². The number of benzene rings is 1. The number of hydrogen-bond donors (Lipinski definition) is 2. The van der Waals surface area contributed by atoms with Gasteiger partial charge >= 0.3 is 0 Å². The Balaban J connectivity index is 1.88. The van der Waals surface area contributed by atoms with Crippen LogP contribution in [-0.2, 0) is 14.8 Å². The number of rotatable bonds is 6. The molecule has 7 heteroatoms. The molecule has 0 aromatic heterocycles. The number of carbonyl (C=O) groups excluding carboxylic acids is 1. The van der Waals surface area contributed by atoms with Gasteiger partial charge in [0.1, 0.15) is 0 Å². The molecule has 1 aromatic carbocycles. The van der Waals surface area contributed by atoms with Gasteiger partial charge in [0, 0.05) is 23.5 Å². The van der Waals surface area contributed by atoms with Crippen molar-refractivity contribution in [2.45, 2.75) is 24.7 Å². The van der Waals surface area contributed by atoms with Crippen molar-refractivity contribution in [3.05, 3.63) is 28.2 Å². The second-order valence-corrected chi connectivity index (χ2v) is 7.49. The average molecular weight is 361 g/mol. The molecular weight excluding hydrogens is 344 g/mol. The third kappa shape index (κ3) is 4.04. The molecule has 2 rings (SSSR count). The SMILES string of the molecule is Cc1ccc(S(=O)(=O)NCCNC(=O)C2CC2)c(Br)c1. The summed E-state index contributed by atoms with van der Waals surface area (Å²) in [5, 5.41) is 2.71. The number of amides is 1. The second kappa shape index (κ2) is 6.24. The summed E-state index contributed by atoms with van der Waals surface area (Å²) in [7, 11) is -3.56. The van der Waals surface area contributed by atoms with E-state index in [9.17, 15) is 13.2 Å². The molecule has 2 N–H and O–H groups in total. The van der Waals surface area contributed by atoms with E-state index >= 15 is 0 Å². The minimum absolute atomic E-state index is 0.0146. The minimum Gasteiger partial charge on any atom is -0.355 e. The van der Waals surface area contributed by atoms with Crippen LogP contribution in [0.15, 0.2) is 27.6 Å². The number of carbonyl (C=O) groups is 1. The van der Waals surface area contributed by atoms with Gasteiger partial charge in [-0.05, 0) is 53.4 Å². The lowest BCUT2D eigenvalue weighted by Crippen LogP contribution is -2.35. The number of halogens is 1. The molecule has 0 bridgehead atoms. The van der Waals surface area contributed by atoms with Crippen molar-refractivity contribution in [2.24, 2.45) is 5.92 Å². The Labute approximate surface area is 127 Å². The summed E-state index contributed by atoms with van der Waals surface area (Å²) >= 11 is 3.25. The standard InChI is InChI=1S/C13H17BrN2O3S/c1-9-2-5-12(11(14)8-9)20(18,19)16-7-6-15-13(17)10-3-4-10/h2,5,8,10,16H,3-4,6-7H2,1H3,(H,15,17). The van der Waals surface area contributed by atoms with Crippen LogP contribution in [0, 0.1) is 12.8 Å². The fraction of sp³-hybridized carbons (Fsp3) is 0.462. The molecule has 1 aliphatic rings. The Morgan fingerprint density at radius 3 is 2.65 bits per heavy atom. The summed E-state index contributed by atoms with van der Waals surface area (Å²) in [6.45, 7) is 2.38. The molecule has 1 saturated carbocycles. The summed E-state index contributed by atoms with van der Waals surface area (Å²) in [4.78, 5) is 11.6. The fourth-order valence-electron chi connectivity index (χ4n) is 1.76. The zero-order chi connectivity index (χ0) is 14.8. The van der Waals surface area contributed by atoms with E-state index in [1.807, 2.05) is 6.92 Å². The molecule has 0 spiro atoms. The van der Waals surface area contributed by atoms with Crippen LogP contribution in [0.25, 0.3) is 0 Å². The molecule has 0 saturated heterocycles. The third-order valence-corrected chi connectivity index (χ3v) is 5.48. The van der Waals surface area contributed by atoms with Crippen molar-refractivity contribution in [3.63, 3.8) is 0 Å². The van der Waals surface area contributed by atoms with Crippen molar-refractivity contribution in [2.75, 3.05) is 13.1 Å². The lowest BCUT2D eigenvalue weighted by Gasteiger charge is -2.09. The van der Waals surface area contributed by atoms with Gasteiger partial charge in [-0.2, -0.15) is 0 Å². The zero-order valence-electron chi connectivity index (χ0n) is 11.1. The van der Waals surface area contributed by atoms with E-state index in [-0.39, 0.29) is 23.3 Å². The highest BCUT2D eigenvalue weighted by atomic mass is 79.9. The van der Waals surface area contributed by atoms with Crippen molar-refractivity contribution in [1.82, 2.24) is 10.0 Å². The number of aryl methyl sites for hydroxylation is 1. The van der Waals surface area contributed by atoms with Crippen LogP contribution in [0.4, 0.5) is 0 Å². The van der Waals surface area contributed by atoms with E-state index in [1.165, 1.54) is 0 Å². The van der Waals surface area contributed by atoms with Crippen LogP contribution in [-0.4, -0.2) is 27.4 Å². The highest BCUT2D eigenvalue weighted by Crippen LogP contribution is 2.28. The number of hydrogen-bond acceptors (Lipinski definition) is 3. The Morgan fingerprint density at radius 2 is 2.05 bits per heavy atom. The maximum atomic E-state index is 12.1. The van der Waals surface area contributed by atoms with Crippen molar-refractivity contribution in [3.8, 4) is 0 Å². The molecule has 1 aromatic rings. The molecule has 1 amide bonds. The summed E-state index contributed by atoms with van der Waals surface area (Å²) in [5.74, 6) is 0.151. The molecule has 20 heavy (non-hydrogen) atoms. The molecule has 1 fully saturated rings. The average Bonchev–Trinajstić information content (AvgIpc) is 3.18. The van der Waals surface area contributed by atoms with Crippen LogP contribution in [0.1, 0.15) is 18.4 Å². The lowest BCUT2D eigenvalue weighted by molar-refractivity contribution is -0.122. The fourth-order valence-corrected chi connectivity index (χ4v) is 3.98. The third-order valence-electron chi connectivity index (χ3n) is 3.04. The molecule has 0 heterocycles. The largest absolute Gasteiger partial charge is 0.355 e.